The number of para-hydroxylation sites is 1. The number of β-amino-alcohol motifs (C(OH)–C–C–N with tert-alkyl or cyclic N) is 1. The molecule has 1 aliphatic rings. The van der Waals surface area contributed by atoms with Gasteiger partial charge >= 0.3 is 0 Å². The molecule has 5 heteroatoms. The van der Waals surface area contributed by atoms with Crippen molar-refractivity contribution in [1.29, 1.82) is 0 Å². The topological polar surface area (TPSA) is 35.9 Å². The van der Waals surface area contributed by atoms with E-state index in [1.54, 1.807) is 0 Å². The van der Waals surface area contributed by atoms with Gasteiger partial charge in [0.05, 0.1) is 0 Å². The zero-order valence-corrected chi connectivity index (χ0v) is 16.8. The highest BCUT2D eigenvalue weighted by molar-refractivity contribution is 6.30. The van der Waals surface area contributed by atoms with Gasteiger partial charge in [0.2, 0.25) is 0 Å². The first-order valence-corrected chi connectivity index (χ1v) is 9.97. The van der Waals surface area contributed by atoms with Crippen LogP contribution in [-0.2, 0) is 6.54 Å². The van der Waals surface area contributed by atoms with Crippen LogP contribution in [0.25, 0.3) is 0 Å². The molecule has 2 aromatic carbocycles. The lowest BCUT2D eigenvalue weighted by molar-refractivity contribution is -0.00214. The van der Waals surface area contributed by atoms with Crippen molar-refractivity contribution in [3.63, 3.8) is 0 Å². The van der Waals surface area contributed by atoms with E-state index >= 15 is 0 Å². The molecule has 0 bridgehead atoms. The first-order valence-electron chi connectivity index (χ1n) is 9.59. The van der Waals surface area contributed by atoms with Gasteiger partial charge in [-0.2, -0.15) is 0 Å². The lowest BCUT2D eigenvalue weighted by Crippen LogP contribution is -2.57. The summed E-state index contributed by atoms with van der Waals surface area (Å²) in [7, 11) is 0. The third-order valence-electron chi connectivity index (χ3n) is 5.17. The smallest absolute Gasteiger partial charge is 0.119 e. The Morgan fingerprint density at radius 1 is 1.00 bits per heavy atom. The SMILES string of the molecule is CC1CN(CC(O)COc2ccccc2)C(C)CN1Cc1ccc(Cl)cc1. The molecule has 146 valence electrons. The zero-order chi connectivity index (χ0) is 19.2. The molecule has 0 amide bonds. The van der Waals surface area contributed by atoms with Gasteiger partial charge in [-0.05, 0) is 43.7 Å². The molecule has 0 saturated carbocycles. The Hall–Kier alpha value is -1.59. The number of nitrogens with zero attached hydrogens (tertiary/aromatic N) is 2. The number of halogens is 1. The van der Waals surface area contributed by atoms with Gasteiger partial charge < -0.3 is 9.84 Å². The van der Waals surface area contributed by atoms with Gasteiger partial charge in [-0.1, -0.05) is 41.9 Å². The number of aliphatic hydroxyl groups is 1. The van der Waals surface area contributed by atoms with Crippen molar-refractivity contribution in [3.8, 4) is 5.75 Å². The van der Waals surface area contributed by atoms with E-state index in [1.807, 2.05) is 42.5 Å². The van der Waals surface area contributed by atoms with Crippen molar-refractivity contribution in [3.05, 3.63) is 65.2 Å². The maximum atomic E-state index is 10.4. The predicted molar refractivity (Wildman–Crippen MR) is 110 cm³/mol. The first kappa shape index (κ1) is 20.2. The maximum absolute atomic E-state index is 10.4. The normalized spacial score (nSPS) is 22.5. The molecule has 1 N–H and O–H groups in total. The molecular formula is C22H29ClN2O2. The Morgan fingerprint density at radius 3 is 2.33 bits per heavy atom. The first-order chi connectivity index (χ1) is 13.0. The molecule has 2 aromatic rings. The Morgan fingerprint density at radius 2 is 1.63 bits per heavy atom. The highest BCUT2D eigenvalue weighted by Crippen LogP contribution is 2.19. The van der Waals surface area contributed by atoms with Crippen molar-refractivity contribution in [1.82, 2.24) is 9.80 Å². The van der Waals surface area contributed by atoms with E-state index in [0.717, 1.165) is 30.4 Å². The Balaban J connectivity index is 1.48. The predicted octanol–water partition coefficient (Wildman–Crippen LogP) is 3.67. The average molecular weight is 389 g/mol. The summed E-state index contributed by atoms with van der Waals surface area (Å²) in [6, 6.07) is 18.5. The van der Waals surface area contributed by atoms with Crippen molar-refractivity contribution in [2.75, 3.05) is 26.2 Å². The fraction of sp³-hybridized carbons (Fsp3) is 0.455. The summed E-state index contributed by atoms with van der Waals surface area (Å²) in [5.74, 6) is 0.797. The molecule has 0 radical (unpaired) electrons. The molecule has 1 heterocycles. The summed E-state index contributed by atoms with van der Waals surface area (Å²) in [5.41, 5.74) is 1.28. The minimum atomic E-state index is -0.498. The number of piperazine rings is 1. The lowest BCUT2D eigenvalue weighted by atomic mass is 10.1. The molecule has 4 nitrogen and oxygen atoms in total. The van der Waals surface area contributed by atoms with Crippen LogP contribution in [0.3, 0.4) is 0 Å². The number of hydrogen-bond acceptors (Lipinski definition) is 4. The van der Waals surface area contributed by atoms with Gasteiger partial charge in [0.15, 0.2) is 0 Å². The molecule has 1 aliphatic heterocycles. The number of benzene rings is 2. The van der Waals surface area contributed by atoms with Crippen LogP contribution < -0.4 is 4.74 Å². The molecule has 3 unspecified atom stereocenters. The van der Waals surface area contributed by atoms with Crippen LogP contribution in [-0.4, -0.2) is 59.3 Å². The van der Waals surface area contributed by atoms with Crippen molar-refractivity contribution in [2.24, 2.45) is 0 Å². The van der Waals surface area contributed by atoms with Crippen LogP contribution in [0.15, 0.2) is 54.6 Å². The van der Waals surface area contributed by atoms with E-state index in [-0.39, 0.29) is 0 Å². The lowest BCUT2D eigenvalue weighted by Gasteiger charge is -2.44. The van der Waals surface area contributed by atoms with E-state index in [2.05, 4.69) is 35.8 Å². The molecule has 0 aromatic heterocycles. The Kier molecular flexibility index (Phi) is 7.13. The maximum Gasteiger partial charge on any atom is 0.119 e. The molecule has 3 rings (SSSR count). The highest BCUT2D eigenvalue weighted by atomic mass is 35.5. The van der Waals surface area contributed by atoms with Crippen molar-refractivity contribution >= 4 is 11.6 Å². The summed E-state index contributed by atoms with van der Waals surface area (Å²) in [5, 5.41) is 11.2. The average Bonchev–Trinajstić information content (AvgIpc) is 2.67. The van der Waals surface area contributed by atoms with Gasteiger partial charge in [-0.3, -0.25) is 9.80 Å². The van der Waals surface area contributed by atoms with Gasteiger partial charge in [0.1, 0.15) is 18.5 Å². The molecule has 27 heavy (non-hydrogen) atoms. The summed E-state index contributed by atoms with van der Waals surface area (Å²) < 4.78 is 5.68. The molecule has 1 fully saturated rings. The molecule has 3 atom stereocenters. The number of ether oxygens (including phenoxy) is 1. The largest absolute Gasteiger partial charge is 0.491 e. The fourth-order valence-electron chi connectivity index (χ4n) is 3.60. The third-order valence-corrected chi connectivity index (χ3v) is 5.43. The second kappa shape index (κ2) is 9.56. The monoisotopic (exact) mass is 388 g/mol. The third kappa shape index (κ3) is 5.94. The number of aliphatic hydroxyl groups excluding tert-OH is 1. The number of rotatable bonds is 7. The van der Waals surface area contributed by atoms with E-state index in [0.29, 0.717) is 25.2 Å². The Bertz CT molecular complexity index is 695. The quantitative estimate of drug-likeness (QED) is 0.785. The molecule has 1 saturated heterocycles. The van der Waals surface area contributed by atoms with Crippen LogP contribution in [0, 0.1) is 0 Å². The minimum absolute atomic E-state index is 0.316. The van der Waals surface area contributed by atoms with Crippen LogP contribution in [0.4, 0.5) is 0 Å². The summed E-state index contributed by atoms with van der Waals surface area (Å²) in [6.45, 7) is 8.28. The van der Waals surface area contributed by atoms with Gasteiger partial charge in [0, 0.05) is 43.3 Å². The zero-order valence-electron chi connectivity index (χ0n) is 16.1. The summed E-state index contributed by atoms with van der Waals surface area (Å²) in [4.78, 5) is 4.86. The van der Waals surface area contributed by atoms with Crippen LogP contribution in [0.1, 0.15) is 19.4 Å². The molecular weight excluding hydrogens is 360 g/mol. The number of hydrogen-bond donors (Lipinski definition) is 1. The van der Waals surface area contributed by atoms with E-state index < -0.39 is 6.10 Å². The van der Waals surface area contributed by atoms with E-state index in [1.165, 1.54) is 5.56 Å². The van der Waals surface area contributed by atoms with Gasteiger partial charge in [-0.15, -0.1) is 0 Å². The summed E-state index contributed by atoms with van der Waals surface area (Å²) >= 11 is 5.98. The highest BCUT2D eigenvalue weighted by Gasteiger charge is 2.30. The van der Waals surface area contributed by atoms with Crippen LogP contribution in [0.2, 0.25) is 5.02 Å². The van der Waals surface area contributed by atoms with Crippen molar-refractivity contribution in [2.45, 2.75) is 38.6 Å². The van der Waals surface area contributed by atoms with Gasteiger partial charge in [0.25, 0.3) is 0 Å². The second-order valence-electron chi connectivity index (χ2n) is 7.49. The summed E-state index contributed by atoms with van der Waals surface area (Å²) in [6.07, 6.45) is -0.498. The molecule has 0 spiro atoms. The second-order valence-corrected chi connectivity index (χ2v) is 7.92. The van der Waals surface area contributed by atoms with Crippen LogP contribution >= 0.6 is 11.6 Å². The fourth-order valence-corrected chi connectivity index (χ4v) is 3.73. The standard InChI is InChI=1S/C22H29ClN2O2/c1-17-13-25(15-21(26)16-27-22-6-4-3-5-7-22)18(2)12-24(17)14-19-8-10-20(23)11-9-19/h3-11,17-18,21,26H,12-16H2,1-2H3. The van der Waals surface area contributed by atoms with Crippen molar-refractivity contribution < 1.29 is 9.84 Å². The van der Waals surface area contributed by atoms with Crippen LogP contribution in [0.5, 0.6) is 5.75 Å². The minimum Gasteiger partial charge on any atom is -0.491 e. The Labute approximate surface area is 167 Å². The van der Waals surface area contributed by atoms with E-state index in [4.69, 9.17) is 16.3 Å². The van der Waals surface area contributed by atoms with Gasteiger partial charge in [-0.25, -0.2) is 0 Å². The van der Waals surface area contributed by atoms with E-state index in [9.17, 15) is 5.11 Å². The molecule has 0 aliphatic carbocycles.